The van der Waals surface area contributed by atoms with Crippen molar-refractivity contribution in [3.63, 3.8) is 0 Å². The van der Waals surface area contributed by atoms with Crippen molar-refractivity contribution < 1.29 is 14.2 Å². The van der Waals surface area contributed by atoms with Crippen LogP contribution in [0, 0.1) is 0 Å². The molecule has 0 aliphatic carbocycles. The highest BCUT2D eigenvalue weighted by Crippen LogP contribution is 2.34. The summed E-state index contributed by atoms with van der Waals surface area (Å²) in [6.07, 6.45) is 1.47. The van der Waals surface area contributed by atoms with Crippen LogP contribution in [0.1, 0.15) is 0 Å². The van der Waals surface area contributed by atoms with E-state index in [1.807, 2.05) is 0 Å². The van der Waals surface area contributed by atoms with E-state index in [-0.39, 0.29) is 19.1 Å². The average Bonchev–Trinajstić information content (AvgIpc) is 2.61. The molecule has 0 aliphatic rings. The van der Waals surface area contributed by atoms with Crippen LogP contribution in [0.3, 0.4) is 0 Å². The SMILES string of the molecule is C[Si](C)(C)CCOCOc1cc(Br)c(Cl)c2c(=O)n(COCC[Si](C)(C)C)cnc12. The molecule has 0 saturated carbocycles. The summed E-state index contributed by atoms with van der Waals surface area (Å²) < 4.78 is 19.1. The van der Waals surface area contributed by atoms with Crippen LogP contribution in [0.4, 0.5) is 0 Å². The summed E-state index contributed by atoms with van der Waals surface area (Å²) in [5.74, 6) is 0.457. The highest BCUT2D eigenvalue weighted by Gasteiger charge is 2.18. The number of rotatable bonds is 11. The van der Waals surface area contributed by atoms with Gasteiger partial charge >= 0.3 is 0 Å². The molecule has 10 heteroatoms. The number of aromatic nitrogens is 2. The molecule has 1 aromatic carbocycles. The van der Waals surface area contributed by atoms with E-state index in [0.717, 1.165) is 12.1 Å². The normalized spacial score (nSPS) is 12.5. The predicted molar refractivity (Wildman–Crippen MR) is 132 cm³/mol. The molecular weight excluding hydrogens is 504 g/mol. The van der Waals surface area contributed by atoms with Gasteiger partial charge in [0.1, 0.15) is 24.3 Å². The lowest BCUT2D eigenvalue weighted by atomic mass is 10.2. The predicted octanol–water partition coefficient (Wildman–Crippen LogP) is 5.82. The lowest BCUT2D eigenvalue weighted by Gasteiger charge is -2.17. The fourth-order valence-corrected chi connectivity index (χ4v) is 4.67. The standard InChI is InChI=1S/C20H32BrClN2O4Si2/c1-29(2,3)9-7-26-13-24-12-23-19-16(28-14-27-8-10-30(4,5)6)11-15(21)18(22)17(19)20(24)25/h11-12H,7-10,13-14H2,1-6H3. The molecule has 0 spiro atoms. The topological polar surface area (TPSA) is 62.6 Å². The third-order valence-electron chi connectivity index (χ3n) is 4.48. The molecule has 0 bridgehead atoms. The van der Waals surface area contributed by atoms with E-state index >= 15 is 0 Å². The van der Waals surface area contributed by atoms with E-state index in [1.54, 1.807) is 6.07 Å². The Balaban J connectivity index is 2.15. The van der Waals surface area contributed by atoms with Gasteiger partial charge in [0.05, 0.1) is 10.4 Å². The Morgan fingerprint density at radius 3 is 2.27 bits per heavy atom. The van der Waals surface area contributed by atoms with Crippen LogP contribution in [-0.2, 0) is 16.2 Å². The smallest absolute Gasteiger partial charge is 0.264 e. The Kier molecular flexibility index (Phi) is 9.14. The third kappa shape index (κ3) is 7.76. The fourth-order valence-electron chi connectivity index (χ4n) is 2.53. The van der Waals surface area contributed by atoms with E-state index < -0.39 is 16.1 Å². The van der Waals surface area contributed by atoms with Crippen LogP contribution >= 0.6 is 27.5 Å². The average molecular weight is 536 g/mol. The van der Waals surface area contributed by atoms with E-state index in [4.69, 9.17) is 25.8 Å². The Morgan fingerprint density at radius 1 is 1.07 bits per heavy atom. The summed E-state index contributed by atoms with van der Waals surface area (Å²) in [4.78, 5) is 17.4. The number of nitrogens with zero attached hydrogens (tertiary/aromatic N) is 2. The van der Waals surface area contributed by atoms with Crippen LogP contribution in [0.5, 0.6) is 5.75 Å². The van der Waals surface area contributed by atoms with Gasteiger partial charge in [-0.1, -0.05) is 50.9 Å². The maximum atomic E-state index is 13.0. The van der Waals surface area contributed by atoms with Crippen LogP contribution in [-0.4, -0.2) is 45.7 Å². The number of ether oxygens (including phenoxy) is 3. The molecule has 168 valence electrons. The largest absolute Gasteiger partial charge is 0.465 e. The molecule has 2 rings (SSSR count). The molecular formula is C20H32BrClN2O4Si2. The van der Waals surface area contributed by atoms with Gasteiger partial charge in [-0.2, -0.15) is 0 Å². The van der Waals surface area contributed by atoms with Crippen molar-refractivity contribution in [1.29, 1.82) is 0 Å². The van der Waals surface area contributed by atoms with Gasteiger partial charge in [0.25, 0.3) is 5.56 Å². The van der Waals surface area contributed by atoms with Crippen molar-refractivity contribution in [3.05, 3.63) is 32.2 Å². The summed E-state index contributed by atoms with van der Waals surface area (Å²) in [6.45, 7) is 15.3. The van der Waals surface area contributed by atoms with Gasteiger partial charge in [0.2, 0.25) is 0 Å². The molecule has 1 heterocycles. The first-order valence-electron chi connectivity index (χ1n) is 10.0. The molecule has 1 aromatic heterocycles. The molecule has 30 heavy (non-hydrogen) atoms. The molecule has 0 saturated heterocycles. The second kappa shape index (κ2) is 10.7. The molecule has 0 aliphatic heterocycles. The highest BCUT2D eigenvalue weighted by atomic mass is 79.9. The first-order valence-corrected chi connectivity index (χ1v) is 18.6. The Labute approximate surface area is 194 Å². The van der Waals surface area contributed by atoms with Gasteiger partial charge < -0.3 is 14.2 Å². The van der Waals surface area contributed by atoms with Gasteiger partial charge in [0, 0.05) is 33.8 Å². The van der Waals surface area contributed by atoms with Crippen molar-refractivity contribution in [2.45, 2.75) is 58.1 Å². The zero-order valence-electron chi connectivity index (χ0n) is 18.7. The Hall–Kier alpha value is -0.716. The summed E-state index contributed by atoms with van der Waals surface area (Å²) in [6, 6.07) is 3.81. The third-order valence-corrected chi connectivity index (χ3v) is 9.13. The molecule has 2 aromatic rings. The van der Waals surface area contributed by atoms with E-state index in [0.29, 0.717) is 39.4 Å². The zero-order valence-corrected chi connectivity index (χ0v) is 23.0. The second-order valence-corrected chi connectivity index (χ2v) is 22.2. The molecule has 0 amide bonds. The quantitative estimate of drug-likeness (QED) is 0.206. The summed E-state index contributed by atoms with van der Waals surface area (Å²) in [5.41, 5.74) is 0.157. The van der Waals surface area contributed by atoms with Crippen LogP contribution in [0.15, 0.2) is 21.7 Å². The summed E-state index contributed by atoms with van der Waals surface area (Å²) in [5, 5.41) is 0.616. The van der Waals surface area contributed by atoms with Crippen molar-refractivity contribution in [2.75, 3.05) is 20.0 Å². The number of hydrogen-bond donors (Lipinski definition) is 0. The van der Waals surface area contributed by atoms with E-state index in [2.05, 4.69) is 60.2 Å². The van der Waals surface area contributed by atoms with Gasteiger partial charge in [-0.15, -0.1) is 0 Å². The van der Waals surface area contributed by atoms with Crippen LogP contribution in [0.25, 0.3) is 10.9 Å². The number of benzene rings is 1. The van der Waals surface area contributed by atoms with E-state index in [9.17, 15) is 4.79 Å². The molecule has 6 nitrogen and oxygen atoms in total. The Morgan fingerprint density at radius 2 is 1.67 bits per heavy atom. The zero-order chi connectivity index (χ0) is 22.5. The maximum Gasteiger partial charge on any atom is 0.264 e. The Bertz CT molecular complexity index is 926. The van der Waals surface area contributed by atoms with Gasteiger partial charge in [-0.25, -0.2) is 4.98 Å². The summed E-state index contributed by atoms with van der Waals surface area (Å²) in [7, 11) is -2.34. The van der Waals surface area contributed by atoms with Crippen molar-refractivity contribution in [1.82, 2.24) is 9.55 Å². The maximum absolute atomic E-state index is 13.0. The van der Waals surface area contributed by atoms with Crippen LogP contribution in [0.2, 0.25) is 56.4 Å². The van der Waals surface area contributed by atoms with Crippen molar-refractivity contribution in [3.8, 4) is 5.75 Å². The second-order valence-electron chi connectivity index (χ2n) is 9.74. The minimum absolute atomic E-state index is 0.0955. The summed E-state index contributed by atoms with van der Waals surface area (Å²) >= 11 is 9.82. The first kappa shape index (κ1) is 25.5. The minimum Gasteiger partial charge on any atom is -0.465 e. The van der Waals surface area contributed by atoms with Gasteiger partial charge in [-0.05, 0) is 34.1 Å². The lowest BCUT2D eigenvalue weighted by Crippen LogP contribution is -2.25. The number of hydrogen-bond acceptors (Lipinski definition) is 5. The molecule has 0 radical (unpaired) electrons. The number of fused-ring (bicyclic) bond motifs is 1. The first-order chi connectivity index (χ1) is 13.9. The van der Waals surface area contributed by atoms with Crippen molar-refractivity contribution >= 4 is 54.6 Å². The van der Waals surface area contributed by atoms with Crippen LogP contribution < -0.4 is 10.3 Å². The fraction of sp³-hybridized carbons (Fsp3) is 0.600. The minimum atomic E-state index is -1.19. The van der Waals surface area contributed by atoms with E-state index in [1.165, 1.54) is 10.9 Å². The number of halogens is 2. The molecule has 0 N–H and O–H groups in total. The lowest BCUT2D eigenvalue weighted by molar-refractivity contribution is 0.0228. The molecule has 0 atom stereocenters. The van der Waals surface area contributed by atoms with Crippen molar-refractivity contribution in [2.24, 2.45) is 0 Å². The molecule has 0 unspecified atom stereocenters. The monoisotopic (exact) mass is 534 g/mol. The van der Waals surface area contributed by atoms with Gasteiger partial charge in [0.15, 0.2) is 6.79 Å². The molecule has 0 fully saturated rings. The highest BCUT2D eigenvalue weighted by molar-refractivity contribution is 9.10. The van der Waals surface area contributed by atoms with Gasteiger partial charge in [-0.3, -0.25) is 9.36 Å².